The van der Waals surface area contributed by atoms with E-state index in [1.54, 1.807) is 40.7 Å². The Labute approximate surface area is 180 Å². The first kappa shape index (κ1) is 21.9. The van der Waals surface area contributed by atoms with E-state index < -0.39 is 0 Å². The van der Waals surface area contributed by atoms with Crippen molar-refractivity contribution in [2.24, 2.45) is 0 Å². The molecule has 0 amide bonds. The van der Waals surface area contributed by atoms with Crippen molar-refractivity contribution in [2.75, 3.05) is 19.0 Å². The van der Waals surface area contributed by atoms with Crippen molar-refractivity contribution in [3.63, 3.8) is 0 Å². The number of aromatic nitrogens is 4. The lowest BCUT2D eigenvalue weighted by molar-refractivity contribution is 0.140. The fourth-order valence-electron chi connectivity index (χ4n) is 3.10. The first-order valence-electron chi connectivity index (χ1n) is 10.1. The lowest BCUT2D eigenvalue weighted by Gasteiger charge is -2.13. The normalized spacial score (nSPS) is 11.4. The van der Waals surface area contributed by atoms with Crippen molar-refractivity contribution in [3.8, 4) is 0 Å². The third-order valence-electron chi connectivity index (χ3n) is 4.58. The second-order valence-electron chi connectivity index (χ2n) is 6.74. The Morgan fingerprint density at radius 3 is 2.86 bits per heavy atom. The third kappa shape index (κ3) is 6.32. The second-order valence-corrected chi connectivity index (χ2v) is 8.24. The second kappa shape index (κ2) is 11.4. The van der Waals surface area contributed by atoms with Crippen molar-refractivity contribution >= 4 is 34.3 Å². The number of rotatable bonds is 12. The number of halogens is 1. The molecule has 0 fully saturated rings. The Balaban J connectivity index is 1.64. The number of ether oxygens (including phenoxy) is 1. The van der Waals surface area contributed by atoms with Crippen LogP contribution < -0.4 is 5.56 Å². The van der Waals surface area contributed by atoms with Crippen molar-refractivity contribution < 1.29 is 4.74 Å². The number of hydrogen-bond acceptors (Lipinski definition) is 5. The standard InChI is InChI=1S/C21H27ClN4O2S/c1-2-28-14-7-13-26-20(27)18-9-8-17(22)16-19(18)24-21(26)29-15-5-3-4-11-25-12-6-10-23-25/h6,8-10,12,16H,2-5,7,11,13-15H2,1H3. The summed E-state index contributed by atoms with van der Waals surface area (Å²) in [4.78, 5) is 17.7. The highest BCUT2D eigenvalue weighted by Gasteiger charge is 2.12. The fraction of sp³-hybridized carbons (Fsp3) is 0.476. The summed E-state index contributed by atoms with van der Waals surface area (Å²) in [5.41, 5.74) is 0.647. The first-order valence-corrected chi connectivity index (χ1v) is 11.4. The maximum absolute atomic E-state index is 13.0. The topological polar surface area (TPSA) is 61.9 Å². The minimum absolute atomic E-state index is 0.00986. The molecule has 0 atom stereocenters. The SMILES string of the molecule is CCOCCCn1c(SCCCCCn2cccn2)nc2cc(Cl)ccc2c1=O. The van der Waals surface area contributed by atoms with Crippen LogP contribution in [0.5, 0.6) is 0 Å². The number of aryl methyl sites for hydroxylation is 1. The molecule has 0 radical (unpaired) electrons. The van der Waals surface area contributed by atoms with Gasteiger partial charge in [0.15, 0.2) is 5.16 Å². The largest absolute Gasteiger partial charge is 0.382 e. The molecule has 3 aromatic rings. The van der Waals surface area contributed by atoms with E-state index in [1.165, 1.54) is 0 Å². The molecule has 0 N–H and O–H groups in total. The minimum Gasteiger partial charge on any atom is -0.382 e. The van der Waals surface area contributed by atoms with Crippen LogP contribution >= 0.6 is 23.4 Å². The van der Waals surface area contributed by atoms with Gasteiger partial charge in [-0.25, -0.2) is 4.98 Å². The molecular weight excluding hydrogens is 408 g/mol. The minimum atomic E-state index is -0.00986. The van der Waals surface area contributed by atoms with Crippen molar-refractivity contribution in [3.05, 3.63) is 52.0 Å². The molecule has 0 bridgehead atoms. The molecule has 1 aromatic carbocycles. The first-order chi connectivity index (χ1) is 14.2. The van der Waals surface area contributed by atoms with Gasteiger partial charge in [0, 0.05) is 49.5 Å². The summed E-state index contributed by atoms with van der Waals surface area (Å²) in [5.74, 6) is 0.920. The van der Waals surface area contributed by atoms with Gasteiger partial charge in [-0.1, -0.05) is 29.8 Å². The maximum atomic E-state index is 13.0. The molecule has 156 valence electrons. The summed E-state index contributed by atoms with van der Waals surface area (Å²) in [6.07, 6.45) is 7.84. The van der Waals surface area contributed by atoms with Crippen LogP contribution in [0.1, 0.15) is 32.6 Å². The van der Waals surface area contributed by atoms with E-state index in [9.17, 15) is 4.79 Å². The molecule has 0 saturated heterocycles. The highest BCUT2D eigenvalue weighted by Crippen LogP contribution is 2.22. The number of unbranched alkanes of at least 4 members (excludes halogenated alkanes) is 2. The van der Waals surface area contributed by atoms with Crippen LogP contribution in [0, 0.1) is 0 Å². The quantitative estimate of drug-likeness (QED) is 0.236. The Morgan fingerprint density at radius 1 is 1.17 bits per heavy atom. The average Bonchev–Trinajstić information content (AvgIpc) is 3.23. The molecule has 29 heavy (non-hydrogen) atoms. The van der Waals surface area contributed by atoms with Gasteiger partial charge in [0.05, 0.1) is 10.9 Å². The summed E-state index contributed by atoms with van der Waals surface area (Å²) in [7, 11) is 0. The molecule has 3 rings (SSSR count). The van der Waals surface area contributed by atoms with Crippen LogP contribution in [0.2, 0.25) is 5.02 Å². The molecular formula is C21H27ClN4O2S. The van der Waals surface area contributed by atoms with Gasteiger partial charge < -0.3 is 4.74 Å². The van der Waals surface area contributed by atoms with Gasteiger partial charge in [0.25, 0.3) is 5.56 Å². The zero-order valence-electron chi connectivity index (χ0n) is 16.7. The Hall–Kier alpha value is -1.83. The predicted molar refractivity (Wildman–Crippen MR) is 119 cm³/mol. The van der Waals surface area contributed by atoms with Crippen LogP contribution in [-0.2, 0) is 17.8 Å². The molecule has 0 aliphatic rings. The van der Waals surface area contributed by atoms with Crippen LogP contribution in [0.15, 0.2) is 46.6 Å². The van der Waals surface area contributed by atoms with Crippen LogP contribution in [-0.4, -0.2) is 38.3 Å². The lowest BCUT2D eigenvalue weighted by Crippen LogP contribution is -2.24. The third-order valence-corrected chi connectivity index (χ3v) is 5.88. The van der Waals surface area contributed by atoms with Crippen LogP contribution in [0.4, 0.5) is 0 Å². The smallest absolute Gasteiger partial charge is 0.262 e. The van der Waals surface area contributed by atoms with E-state index in [4.69, 9.17) is 21.3 Å². The number of hydrogen-bond donors (Lipinski definition) is 0. The van der Waals surface area contributed by atoms with Crippen molar-refractivity contribution in [1.82, 2.24) is 19.3 Å². The number of benzene rings is 1. The van der Waals surface area contributed by atoms with Gasteiger partial charge in [-0.15, -0.1) is 0 Å². The molecule has 0 aliphatic carbocycles. The van der Waals surface area contributed by atoms with Gasteiger partial charge >= 0.3 is 0 Å². The van der Waals surface area contributed by atoms with Gasteiger partial charge in [0.1, 0.15) is 0 Å². The molecule has 2 heterocycles. The van der Waals surface area contributed by atoms with Gasteiger partial charge in [-0.2, -0.15) is 5.10 Å². The van der Waals surface area contributed by atoms with Gasteiger partial charge in [-0.3, -0.25) is 14.0 Å². The summed E-state index contributed by atoms with van der Waals surface area (Å²) < 4.78 is 9.16. The number of fused-ring (bicyclic) bond motifs is 1. The Bertz CT molecular complexity index is 959. The fourth-order valence-corrected chi connectivity index (χ4v) is 4.29. The van der Waals surface area contributed by atoms with Gasteiger partial charge in [-0.05, 0) is 50.5 Å². The zero-order valence-corrected chi connectivity index (χ0v) is 18.3. The van der Waals surface area contributed by atoms with E-state index >= 15 is 0 Å². The average molecular weight is 435 g/mol. The Morgan fingerprint density at radius 2 is 2.07 bits per heavy atom. The molecule has 8 heteroatoms. The van der Waals surface area contributed by atoms with E-state index in [-0.39, 0.29) is 5.56 Å². The van der Waals surface area contributed by atoms with E-state index in [1.807, 2.05) is 23.9 Å². The molecule has 0 unspecified atom stereocenters. The highest BCUT2D eigenvalue weighted by molar-refractivity contribution is 7.99. The summed E-state index contributed by atoms with van der Waals surface area (Å²) in [5, 5.41) is 6.18. The lowest BCUT2D eigenvalue weighted by atomic mass is 10.2. The number of thioether (sulfide) groups is 1. The molecule has 0 saturated carbocycles. The van der Waals surface area contributed by atoms with E-state index in [2.05, 4.69) is 5.10 Å². The zero-order chi connectivity index (χ0) is 20.5. The number of nitrogens with zero attached hydrogens (tertiary/aromatic N) is 4. The summed E-state index contributed by atoms with van der Waals surface area (Å²) >= 11 is 7.75. The van der Waals surface area contributed by atoms with Crippen molar-refractivity contribution in [2.45, 2.75) is 50.9 Å². The molecule has 0 aliphatic heterocycles. The highest BCUT2D eigenvalue weighted by atomic mass is 35.5. The van der Waals surface area contributed by atoms with Crippen LogP contribution in [0.25, 0.3) is 10.9 Å². The molecule has 0 spiro atoms. The monoisotopic (exact) mass is 434 g/mol. The predicted octanol–water partition coefficient (Wildman–Crippen LogP) is 4.64. The summed E-state index contributed by atoms with van der Waals surface area (Å²) in [6, 6.07) is 7.20. The molecule has 6 nitrogen and oxygen atoms in total. The molecule has 2 aromatic heterocycles. The van der Waals surface area contributed by atoms with Crippen LogP contribution in [0.3, 0.4) is 0 Å². The van der Waals surface area contributed by atoms with E-state index in [0.717, 1.165) is 43.1 Å². The van der Waals surface area contributed by atoms with Crippen molar-refractivity contribution in [1.29, 1.82) is 0 Å². The van der Waals surface area contributed by atoms with E-state index in [0.29, 0.717) is 35.7 Å². The maximum Gasteiger partial charge on any atom is 0.262 e. The van der Waals surface area contributed by atoms with Gasteiger partial charge in [0.2, 0.25) is 0 Å². The Kier molecular flexibility index (Phi) is 8.58. The summed E-state index contributed by atoms with van der Waals surface area (Å²) in [6.45, 7) is 4.84.